The van der Waals surface area contributed by atoms with Crippen molar-refractivity contribution in [2.45, 2.75) is 4.90 Å². The van der Waals surface area contributed by atoms with Crippen LogP contribution in [0.4, 0.5) is 4.79 Å². The molecule has 0 spiro atoms. The van der Waals surface area contributed by atoms with E-state index in [1.165, 1.54) is 0 Å². The van der Waals surface area contributed by atoms with E-state index in [4.69, 9.17) is 5.11 Å². The first-order chi connectivity index (χ1) is 6.29. The van der Waals surface area contributed by atoms with Crippen LogP contribution in [-0.4, -0.2) is 16.2 Å². The molecule has 0 saturated carbocycles. The summed E-state index contributed by atoms with van der Waals surface area (Å²) in [4.78, 5) is 11.9. The number of carboxylic acid groups (broad SMARTS) is 1. The summed E-state index contributed by atoms with van der Waals surface area (Å²) in [7, 11) is -0.641. The fraction of sp³-hybridized carbons (Fsp3) is 0.100. The first-order valence-electron chi connectivity index (χ1n) is 3.98. The Morgan fingerprint density at radius 1 is 1.38 bits per heavy atom. The normalized spacial score (nSPS) is 19.5. The average molecular weight is 193 g/mol. The minimum absolute atomic E-state index is 0.631. The SMILES string of the molecule is O=C(O)[S+]1CC=Cc2ccccc21. The maximum absolute atomic E-state index is 10.9. The quantitative estimate of drug-likeness (QED) is 0.642. The lowest BCUT2D eigenvalue weighted by molar-refractivity contribution is 0.221. The van der Waals surface area contributed by atoms with Gasteiger partial charge in [0.2, 0.25) is 0 Å². The van der Waals surface area contributed by atoms with E-state index in [1.807, 2.05) is 36.4 Å². The summed E-state index contributed by atoms with van der Waals surface area (Å²) in [5.41, 5.74) is 1.04. The molecule has 1 aromatic rings. The third-order valence-electron chi connectivity index (χ3n) is 1.96. The van der Waals surface area contributed by atoms with Gasteiger partial charge < -0.3 is 5.11 Å². The highest BCUT2D eigenvalue weighted by Crippen LogP contribution is 2.25. The fourth-order valence-electron chi connectivity index (χ4n) is 1.37. The van der Waals surface area contributed by atoms with E-state index >= 15 is 0 Å². The number of hydrogen-bond acceptors (Lipinski definition) is 1. The molecule has 2 nitrogen and oxygen atoms in total. The minimum atomic E-state index is -0.711. The van der Waals surface area contributed by atoms with Crippen molar-refractivity contribution >= 4 is 22.3 Å². The molecule has 13 heavy (non-hydrogen) atoms. The number of rotatable bonds is 0. The van der Waals surface area contributed by atoms with E-state index in [9.17, 15) is 4.79 Å². The maximum Gasteiger partial charge on any atom is 0.529 e. The van der Waals surface area contributed by atoms with E-state index in [0.29, 0.717) is 5.75 Å². The lowest BCUT2D eigenvalue weighted by Gasteiger charge is -2.07. The summed E-state index contributed by atoms with van der Waals surface area (Å²) in [5.74, 6) is 0.631. The van der Waals surface area contributed by atoms with Gasteiger partial charge in [0.05, 0.1) is 0 Å². The molecule has 1 unspecified atom stereocenters. The monoisotopic (exact) mass is 193 g/mol. The molecule has 0 aliphatic carbocycles. The highest BCUT2D eigenvalue weighted by molar-refractivity contribution is 8.10. The molecule has 66 valence electrons. The fourth-order valence-corrected chi connectivity index (χ4v) is 2.83. The summed E-state index contributed by atoms with van der Waals surface area (Å²) in [6, 6.07) is 7.67. The van der Waals surface area contributed by atoms with Gasteiger partial charge in [-0.1, -0.05) is 12.1 Å². The van der Waals surface area contributed by atoms with Crippen molar-refractivity contribution in [3.8, 4) is 0 Å². The maximum atomic E-state index is 10.9. The van der Waals surface area contributed by atoms with Gasteiger partial charge in [-0.2, -0.15) is 4.79 Å². The van der Waals surface area contributed by atoms with Gasteiger partial charge in [-0.05, 0) is 24.3 Å². The van der Waals surface area contributed by atoms with Crippen molar-refractivity contribution in [2.24, 2.45) is 0 Å². The Bertz CT molecular complexity index is 371. The second kappa shape index (κ2) is 3.26. The molecule has 0 fully saturated rings. The largest absolute Gasteiger partial charge is 0.529 e. The van der Waals surface area contributed by atoms with Crippen molar-refractivity contribution in [3.05, 3.63) is 35.9 Å². The molecule has 0 aromatic heterocycles. The standard InChI is InChI=1S/C10H8O2S/c11-10(12)13-7-3-5-8-4-1-2-6-9(8)13/h1-6H,7H2/p+1. The van der Waals surface area contributed by atoms with Crippen LogP contribution < -0.4 is 0 Å². The third kappa shape index (κ3) is 1.47. The zero-order valence-corrected chi connectivity index (χ0v) is 7.75. The molecule has 2 rings (SSSR count). The molecule has 1 atom stereocenters. The van der Waals surface area contributed by atoms with Gasteiger partial charge in [0.25, 0.3) is 0 Å². The molecule has 0 radical (unpaired) electrons. The Hall–Kier alpha value is -1.22. The summed E-state index contributed by atoms with van der Waals surface area (Å²) in [6.45, 7) is 0. The molecule has 1 aliphatic rings. The van der Waals surface area contributed by atoms with Crippen LogP contribution in [0.25, 0.3) is 6.08 Å². The Labute approximate surface area is 79.2 Å². The van der Waals surface area contributed by atoms with Crippen molar-refractivity contribution < 1.29 is 9.90 Å². The van der Waals surface area contributed by atoms with Crippen LogP contribution in [0, 0.1) is 0 Å². The average Bonchev–Trinajstić information content (AvgIpc) is 2.17. The molecule has 1 heterocycles. The van der Waals surface area contributed by atoms with E-state index in [-0.39, 0.29) is 0 Å². The number of benzene rings is 1. The first-order valence-corrected chi connectivity index (χ1v) is 5.38. The molecule has 0 saturated heterocycles. The van der Waals surface area contributed by atoms with E-state index in [0.717, 1.165) is 10.5 Å². The van der Waals surface area contributed by atoms with Crippen molar-refractivity contribution in [2.75, 3.05) is 5.75 Å². The Balaban J connectivity index is 2.49. The van der Waals surface area contributed by atoms with Crippen LogP contribution in [-0.2, 0) is 10.9 Å². The lowest BCUT2D eigenvalue weighted by atomic mass is 10.2. The van der Waals surface area contributed by atoms with Crippen LogP contribution in [0.3, 0.4) is 0 Å². The van der Waals surface area contributed by atoms with Crippen molar-refractivity contribution in [1.82, 2.24) is 0 Å². The van der Waals surface area contributed by atoms with Gasteiger partial charge >= 0.3 is 5.30 Å². The molecular weight excluding hydrogens is 184 g/mol. The van der Waals surface area contributed by atoms with Crippen molar-refractivity contribution in [1.29, 1.82) is 0 Å². The minimum Gasteiger partial charge on any atom is -0.441 e. The van der Waals surface area contributed by atoms with Gasteiger partial charge in [-0.15, -0.1) is 0 Å². The summed E-state index contributed by atoms with van der Waals surface area (Å²) < 4.78 is 0. The van der Waals surface area contributed by atoms with Crippen LogP contribution in [0.15, 0.2) is 35.2 Å². The number of hydrogen-bond donors (Lipinski definition) is 1. The zero-order chi connectivity index (χ0) is 9.26. The van der Waals surface area contributed by atoms with E-state index < -0.39 is 16.2 Å². The number of fused-ring (bicyclic) bond motifs is 1. The molecule has 3 heteroatoms. The zero-order valence-electron chi connectivity index (χ0n) is 6.93. The first kappa shape index (κ1) is 8.38. The van der Waals surface area contributed by atoms with E-state index in [1.54, 1.807) is 0 Å². The van der Waals surface area contributed by atoms with Gasteiger partial charge in [-0.25, -0.2) is 0 Å². The second-order valence-corrected chi connectivity index (χ2v) is 4.67. The van der Waals surface area contributed by atoms with Crippen molar-refractivity contribution in [3.63, 3.8) is 0 Å². The predicted octanol–water partition coefficient (Wildman–Crippen LogP) is 2.37. The molecule has 0 bridgehead atoms. The molecular formula is C10H9O2S+. The topological polar surface area (TPSA) is 37.3 Å². The lowest BCUT2D eigenvalue weighted by Crippen LogP contribution is -2.19. The Kier molecular flexibility index (Phi) is 2.10. The highest BCUT2D eigenvalue weighted by atomic mass is 32.2. The van der Waals surface area contributed by atoms with Crippen LogP contribution >= 0.6 is 0 Å². The smallest absolute Gasteiger partial charge is 0.441 e. The summed E-state index contributed by atoms with van der Waals surface area (Å²) >= 11 is 0. The summed E-state index contributed by atoms with van der Waals surface area (Å²) in [5, 5.41) is 8.25. The molecule has 1 aliphatic heterocycles. The summed E-state index contributed by atoms with van der Waals surface area (Å²) in [6.07, 6.45) is 3.92. The van der Waals surface area contributed by atoms with Gasteiger partial charge in [-0.3, -0.25) is 0 Å². The Morgan fingerprint density at radius 3 is 2.92 bits per heavy atom. The van der Waals surface area contributed by atoms with E-state index in [2.05, 4.69) is 0 Å². The van der Waals surface area contributed by atoms with Gasteiger partial charge in [0.1, 0.15) is 16.6 Å². The molecule has 0 amide bonds. The Morgan fingerprint density at radius 2 is 2.15 bits per heavy atom. The number of carbonyl (C=O) groups is 1. The van der Waals surface area contributed by atoms with Crippen LogP contribution in [0.2, 0.25) is 0 Å². The predicted molar refractivity (Wildman–Crippen MR) is 54.0 cm³/mol. The molecule has 1 N–H and O–H groups in total. The van der Waals surface area contributed by atoms with Gasteiger partial charge in [0.15, 0.2) is 4.90 Å². The van der Waals surface area contributed by atoms with Gasteiger partial charge in [0, 0.05) is 5.56 Å². The highest BCUT2D eigenvalue weighted by Gasteiger charge is 2.34. The van der Waals surface area contributed by atoms with Crippen LogP contribution in [0.1, 0.15) is 5.56 Å². The third-order valence-corrected chi connectivity index (χ3v) is 3.81. The molecule has 1 aromatic carbocycles. The van der Waals surface area contributed by atoms with Crippen LogP contribution in [0.5, 0.6) is 0 Å². The second-order valence-electron chi connectivity index (χ2n) is 2.76.